The fourth-order valence-corrected chi connectivity index (χ4v) is 2.62. The molecule has 0 unspecified atom stereocenters. The van der Waals surface area contributed by atoms with Crippen LogP contribution >= 0.6 is 0 Å². The number of aliphatic hydroxyl groups is 1. The van der Waals surface area contributed by atoms with Crippen LogP contribution in [0.15, 0.2) is 12.7 Å². The van der Waals surface area contributed by atoms with Gasteiger partial charge in [0.05, 0.1) is 5.54 Å². The van der Waals surface area contributed by atoms with E-state index in [1.807, 2.05) is 20.8 Å². The maximum Gasteiger partial charge on any atom is 0.407 e. The van der Waals surface area contributed by atoms with Crippen LogP contribution in [0.2, 0.25) is 0 Å². The zero-order valence-electron chi connectivity index (χ0n) is 10.4. The number of amides is 1. The summed E-state index contributed by atoms with van der Waals surface area (Å²) in [6.07, 6.45) is 0.882. The van der Waals surface area contributed by atoms with Crippen molar-refractivity contribution >= 4 is 6.09 Å². The van der Waals surface area contributed by atoms with Crippen LogP contribution in [0.1, 0.15) is 34.1 Å². The van der Waals surface area contributed by atoms with Gasteiger partial charge in [-0.25, -0.2) is 4.79 Å². The van der Waals surface area contributed by atoms with Gasteiger partial charge in [-0.1, -0.05) is 26.8 Å². The summed E-state index contributed by atoms with van der Waals surface area (Å²) >= 11 is 0. The molecule has 1 saturated heterocycles. The lowest BCUT2D eigenvalue weighted by molar-refractivity contribution is -0.0713. The molecule has 0 spiro atoms. The predicted octanol–water partition coefficient (Wildman–Crippen LogP) is 2.09. The third-order valence-electron chi connectivity index (χ3n) is 4.13. The highest BCUT2D eigenvalue weighted by molar-refractivity contribution is 5.67. The molecule has 92 valence electrons. The second-order valence-corrected chi connectivity index (χ2v) is 5.63. The normalized spacial score (nSPS) is 35.2. The van der Waals surface area contributed by atoms with Gasteiger partial charge >= 0.3 is 6.09 Å². The number of nitrogens with zero attached hydrogens (tertiary/aromatic N) is 1. The van der Waals surface area contributed by atoms with Gasteiger partial charge in [-0.3, -0.25) is 4.90 Å². The van der Waals surface area contributed by atoms with E-state index in [1.165, 1.54) is 11.0 Å². The quantitative estimate of drug-likeness (QED) is 0.674. The van der Waals surface area contributed by atoms with Crippen molar-refractivity contribution in [3.63, 3.8) is 0 Å². The second kappa shape index (κ2) is 3.48. The molecule has 4 heteroatoms. The lowest BCUT2D eigenvalue weighted by atomic mass is 9.65. The predicted molar refractivity (Wildman–Crippen MR) is 62.4 cm³/mol. The molecule has 0 radical (unpaired) electrons. The van der Waals surface area contributed by atoms with Crippen LogP contribution in [-0.2, 0) is 0 Å². The number of hydrogen-bond acceptors (Lipinski definition) is 2. The summed E-state index contributed by atoms with van der Waals surface area (Å²) in [5.74, 6) is 0. The topological polar surface area (TPSA) is 60.8 Å². The molecule has 2 atom stereocenters. The van der Waals surface area contributed by atoms with E-state index >= 15 is 0 Å². The molecule has 0 aliphatic carbocycles. The minimum Gasteiger partial charge on any atom is -0.465 e. The van der Waals surface area contributed by atoms with E-state index in [1.54, 1.807) is 6.92 Å². The van der Waals surface area contributed by atoms with Gasteiger partial charge in [0.1, 0.15) is 5.60 Å². The lowest BCUT2D eigenvalue weighted by Crippen LogP contribution is -2.63. The molecule has 0 aromatic heterocycles. The maximum absolute atomic E-state index is 11.2. The highest BCUT2D eigenvalue weighted by Gasteiger charge is 2.61. The Morgan fingerprint density at radius 2 is 2.00 bits per heavy atom. The third-order valence-corrected chi connectivity index (χ3v) is 4.13. The van der Waals surface area contributed by atoms with Crippen molar-refractivity contribution in [2.24, 2.45) is 5.41 Å². The number of carbonyl (C=O) groups is 1. The van der Waals surface area contributed by atoms with Crippen molar-refractivity contribution in [2.45, 2.75) is 45.3 Å². The van der Waals surface area contributed by atoms with Gasteiger partial charge < -0.3 is 10.2 Å². The number of hydrogen-bond donors (Lipinski definition) is 2. The summed E-state index contributed by atoms with van der Waals surface area (Å²) in [7, 11) is 0. The molecule has 4 nitrogen and oxygen atoms in total. The Morgan fingerprint density at radius 1 is 1.50 bits per heavy atom. The lowest BCUT2D eigenvalue weighted by Gasteiger charge is -2.50. The molecule has 16 heavy (non-hydrogen) atoms. The molecule has 0 aromatic rings. The Labute approximate surface area is 96.6 Å². The molecule has 1 amide bonds. The maximum atomic E-state index is 11.2. The van der Waals surface area contributed by atoms with E-state index in [4.69, 9.17) is 0 Å². The Balaban J connectivity index is 3.33. The van der Waals surface area contributed by atoms with E-state index in [0.717, 1.165) is 0 Å². The first-order valence-corrected chi connectivity index (χ1v) is 5.47. The molecular weight excluding hydrogens is 206 g/mol. The highest BCUT2D eigenvalue weighted by atomic mass is 16.4. The first-order valence-electron chi connectivity index (χ1n) is 5.47. The smallest absolute Gasteiger partial charge is 0.407 e. The highest BCUT2D eigenvalue weighted by Crippen LogP contribution is 2.49. The average molecular weight is 227 g/mol. The summed E-state index contributed by atoms with van der Waals surface area (Å²) in [5.41, 5.74) is -2.39. The Kier molecular flexibility index (Phi) is 2.84. The van der Waals surface area contributed by atoms with Crippen molar-refractivity contribution < 1.29 is 15.0 Å². The van der Waals surface area contributed by atoms with E-state index in [0.29, 0.717) is 13.0 Å². The third kappa shape index (κ3) is 1.44. The van der Waals surface area contributed by atoms with Gasteiger partial charge in [-0.05, 0) is 18.8 Å². The van der Waals surface area contributed by atoms with Crippen LogP contribution in [-0.4, -0.2) is 38.9 Å². The summed E-state index contributed by atoms with van der Waals surface area (Å²) in [6, 6.07) is 0. The fourth-order valence-electron chi connectivity index (χ4n) is 2.62. The van der Waals surface area contributed by atoms with E-state index in [2.05, 4.69) is 6.58 Å². The molecule has 1 aliphatic rings. The van der Waals surface area contributed by atoms with Gasteiger partial charge in [-0.15, -0.1) is 6.58 Å². The van der Waals surface area contributed by atoms with E-state index < -0.39 is 17.2 Å². The minimum atomic E-state index is -1.16. The molecule has 0 aromatic carbocycles. The molecular formula is C12H21NO3. The molecule has 1 heterocycles. The zero-order chi connectivity index (χ0) is 12.8. The minimum absolute atomic E-state index is 0.339. The van der Waals surface area contributed by atoms with E-state index in [-0.39, 0.29) is 5.41 Å². The summed E-state index contributed by atoms with van der Waals surface area (Å²) in [4.78, 5) is 12.6. The van der Waals surface area contributed by atoms with E-state index in [9.17, 15) is 15.0 Å². The van der Waals surface area contributed by atoms with Crippen molar-refractivity contribution in [3.8, 4) is 0 Å². The number of carboxylic acid groups (broad SMARTS) is 1. The number of likely N-dealkylation sites (tertiary alicyclic amines) is 1. The molecule has 2 N–H and O–H groups in total. The Bertz CT molecular complexity index is 321. The van der Waals surface area contributed by atoms with Gasteiger partial charge in [0.25, 0.3) is 0 Å². The van der Waals surface area contributed by atoms with Crippen molar-refractivity contribution in [1.82, 2.24) is 4.90 Å². The van der Waals surface area contributed by atoms with Crippen LogP contribution in [0.4, 0.5) is 4.79 Å². The summed E-state index contributed by atoms with van der Waals surface area (Å²) < 4.78 is 0. The first-order chi connectivity index (χ1) is 7.10. The molecule has 1 fully saturated rings. The van der Waals surface area contributed by atoms with Gasteiger partial charge in [0, 0.05) is 6.54 Å². The van der Waals surface area contributed by atoms with Crippen LogP contribution in [0.25, 0.3) is 0 Å². The zero-order valence-corrected chi connectivity index (χ0v) is 10.4. The van der Waals surface area contributed by atoms with Crippen molar-refractivity contribution in [3.05, 3.63) is 12.7 Å². The molecule has 1 aliphatic heterocycles. The largest absolute Gasteiger partial charge is 0.465 e. The monoisotopic (exact) mass is 227 g/mol. The Morgan fingerprint density at radius 3 is 2.31 bits per heavy atom. The summed E-state index contributed by atoms with van der Waals surface area (Å²) in [5, 5.41) is 19.8. The van der Waals surface area contributed by atoms with Crippen molar-refractivity contribution in [2.75, 3.05) is 6.54 Å². The van der Waals surface area contributed by atoms with Crippen LogP contribution in [0, 0.1) is 5.41 Å². The second-order valence-electron chi connectivity index (χ2n) is 5.63. The van der Waals surface area contributed by atoms with Crippen LogP contribution in [0.3, 0.4) is 0 Å². The molecule has 1 rings (SSSR count). The first kappa shape index (κ1) is 13.0. The number of rotatable bonds is 1. The van der Waals surface area contributed by atoms with Crippen molar-refractivity contribution in [1.29, 1.82) is 0 Å². The van der Waals surface area contributed by atoms with Gasteiger partial charge in [0.2, 0.25) is 0 Å². The van der Waals surface area contributed by atoms with Gasteiger partial charge in [0.15, 0.2) is 0 Å². The Hall–Kier alpha value is -1.03. The van der Waals surface area contributed by atoms with Crippen LogP contribution < -0.4 is 0 Å². The fraction of sp³-hybridized carbons (Fsp3) is 0.750. The standard InChI is InChI=1S/C12H21NO3/c1-6-12(16)7-8-13(9(14)15)11(12,5)10(2,3)4/h6,16H,1,7-8H2,2-5H3,(H,14,15)/t11-,12-/m0/s1. The average Bonchev–Trinajstić information content (AvgIpc) is 2.41. The SMILES string of the molecule is C=C[C@]1(O)CCN(C(=O)O)[C@@]1(C)C(C)(C)C. The summed E-state index contributed by atoms with van der Waals surface area (Å²) in [6.45, 7) is 11.6. The van der Waals surface area contributed by atoms with Crippen LogP contribution in [0.5, 0.6) is 0 Å². The molecule has 0 saturated carbocycles. The van der Waals surface area contributed by atoms with Gasteiger partial charge in [-0.2, -0.15) is 0 Å². The molecule has 0 bridgehead atoms.